The minimum Gasteiger partial charge on any atom is -0.468 e. The van der Waals surface area contributed by atoms with Gasteiger partial charge < -0.3 is 4.74 Å². The highest BCUT2D eigenvalue weighted by molar-refractivity contribution is 6.29. The Hall–Kier alpha value is -1.13. The van der Waals surface area contributed by atoms with Crippen LogP contribution in [0.5, 0.6) is 0 Å². The molecule has 1 fully saturated rings. The first kappa shape index (κ1) is 13.3. The van der Waals surface area contributed by atoms with Crippen molar-refractivity contribution in [3.05, 3.63) is 29.0 Å². The molecule has 0 bridgehead atoms. The third-order valence-corrected chi connectivity index (χ3v) is 3.44. The van der Waals surface area contributed by atoms with E-state index >= 15 is 0 Å². The molecule has 0 radical (unpaired) electrons. The van der Waals surface area contributed by atoms with E-state index in [1.54, 1.807) is 6.07 Å². The second-order valence-electron chi connectivity index (χ2n) is 4.46. The number of halogens is 1. The lowest BCUT2D eigenvalue weighted by Crippen LogP contribution is -2.44. The van der Waals surface area contributed by atoms with Crippen LogP contribution in [0.3, 0.4) is 0 Å². The van der Waals surface area contributed by atoms with E-state index in [1.807, 2.05) is 12.1 Å². The fraction of sp³-hybridized carbons (Fsp3) is 0.538. The summed E-state index contributed by atoms with van der Waals surface area (Å²) in [7, 11) is 1.44. The SMILES string of the molecule is COC(=O)[C@H]1CCCCN1Cc1cccc(Cl)n1. The van der Waals surface area contributed by atoms with Gasteiger partial charge >= 0.3 is 5.97 Å². The summed E-state index contributed by atoms with van der Waals surface area (Å²) in [6.07, 6.45) is 3.03. The molecule has 1 aliphatic heterocycles. The maximum atomic E-state index is 11.7. The summed E-state index contributed by atoms with van der Waals surface area (Å²) in [5, 5.41) is 0.485. The maximum Gasteiger partial charge on any atom is 0.323 e. The number of carbonyl (C=O) groups excluding carboxylic acids is 1. The molecule has 0 spiro atoms. The minimum atomic E-state index is -0.156. The summed E-state index contributed by atoms with van der Waals surface area (Å²) in [6.45, 7) is 1.54. The van der Waals surface area contributed by atoms with E-state index in [0.717, 1.165) is 31.5 Å². The molecular formula is C13H17ClN2O2. The van der Waals surface area contributed by atoms with Gasteiger partial charge in [0.15, 0.2) is 0 Å². The van der Waals surface area contributed by atoms with Crippen molar-refractivity contribution in [1.29, 1.82) is 0 Å². The number of hydrogen-bond acceptors (Lipinski definition) is 4. The summed E-state index contributed by atoms with van der Waals surface area (Å²) in [5.41, 5.74) is 0.887. The minimum absolute atomic E-state index is 0.149. The van der Waals surface area contributed by atoms with E-state index in [2.05, 4.69) is 9.88 Å². The zero-order valence-corrected chi connectivity index (χ0v) is 11.2. The monoisotopic (exact) mass is 268 g/mol. The number of hydrogen-bond donors (Lipinski definition) is 0. The van der Waals surface area contributed by atoms with Crippen LogP contribution in [-0.2, 0) is 16.1 Å². The zero-order chi connectivity index (χ0) is 13.0. The quantitative estimate of drug-likeness (QED) is 0.623. The Balaban J connectivity index is 2.07. The Labute approximate surface area is 112 Å². The Bertz CT molecular complexity index is 425. The van der Waals surface area contributed by atoms with Gasteiger partial charge in [-0.1, -0.05) is 24.1 Å². The summed E-state index contributed by atoms with van der Waals surface area (Å²) >= 11 is 5.87. The Morgan fingerprint density at radius 3 is 3.11 bits per heavy atom. The Kier molecular flexibility index (Phi) is 4.55. The van der Waals surface area contributed by atoms with Crippen LogP contribution in [0.15, 0.2) is 18.2 Å². The summed E-state index contributed by atoms with van der Waals surface area (Å²) in [5.74, 6) is -0.156. The standard InChI is InChI=1S/C13H17ClN2O2/c1-18-13(17)11-6-2-3-8-16(11)9-10-5-4-7-12(14)15-10/h4-5,7,11H,2-3,6,8-9H2,1H3/t11-/m1/s1. The first-order valence-corrected chi connectivity index (χ1v) is 6.52. The van der Waals surface area contributed by atoms with Gasteiger partial charge in [-0.3, -0.25) is 9.69 Å². The first-order valence-electron chi connectivity index (χ1n) is 6.14. The Morgan fingerprint density at radius 2 is 2.39 bits per heavy atom. The van der Waals surface area contributed by atoms with E-state index in [1.165, 1.54) is 7.11 Å². The van der Waals surface area contributed by atoms with Crippen molar-refractivity contribution in [2.45, 2.75) is 31.8 Å². The molecule has 1 atom stereocenters. The molecule has 4 nitrogen and oxygen atoms in total. The zero-order valence-electron chi connectivity index (χ0n) is 10.4. The number of rotatable bonds is 3. The highest BCUT2D eigenvalue weighted by Gasteiger charge is 2.29. The number of pyridine rings is 1. The predicted molar refractivity (Wildman–Crippen MR) is 69.3 cm³/mol. The number of aromatic nitrogens is 1. The molecule has 0 saturated carbocycles. The van der Waals surface area contributed by atoms with Crippen molar-refractivity contribution in [3.8, 4) is 0 Å². The van der Waals surface area contributed by atoms with Gasteiger partial charge in [0.25, 0.3) is 0 Å². The predicted octanol–water partition coefficient (Wildman–Crippen LogP) is 2.26. The smallest absolute Gasteiger partial charge is 0.323 e. The molecule has 18 heavy (non-hydrogen) atoms. The fourth-order valence-corrected chi connectivity index (χ4v) is 2.51. The molecule has 2 heterocycles. The van der Waals surface area contributed by atoms with Gasteiger partial charge in [0.2, 0.25) is 0 Å². The molecule has 0 aliphatic carbocycles. The van der Waals surface area contributed by atoms with Crippen LogP contribution < -0.4 is 0 Å². The van der Waals surface area contributed by atoms with E-state index < -0.39 is 0 Å². The number of methoxy groups -OCH3 is 1. The second kappa shape index (κ2) is 6.16. The lowest BCUT2D eigenvalue weighted by atomic mass is 10.0. The van der Waals surface area contributed by atoms with Gasteiger partial charge in [0.1, 0.15) is 11.2 Å². The molecule has 2 rings (SSSR count). The average Bonchev–Trinajstić information content (AvgIpc) is 2.38. The summed E-state index contributed by atoms with van der Waals surface area (Å²) < 4.78 is 4.85. The van der Waals surface area contributed by atoms with Crippen molar-refractivity contribution in [2.75, 3.05) is 13.7 Å². The molecule has 1 aromatic rings. The Morgan fingerprint density at radius 1 is 1.56 bits per heavy atom. The second-order valence-corrected chi connectivity index (χ2v) is 4.84. The topological polar surface area (TPSA) is 42.4 Å². The number of ether oxygens (including phenoxy) is 1. The van der Waals surface area contributed by atoms with Crippen molar-refractivity contribution in [3.63, 3.8) is 0 Å². The molecule has 1 aromatic heterocycles. The van der Waals surface area contributed by atoms with Crippen LogP contribution in [0.2, 0.25) is 5.15 Å². The van der Waals surface area contributed by atoms with Crippen LogP contribution >= 0.6 is 11.6 Å². The molecule has 5 heteroatoms. The van der Waals surface area contributed by atoms with Gasteiger partial charge in [0.05, 0.1) is 12.8 Å². The highest BCUT2D eigenvalue weighted by Crippen LogP contribution is 2.20. The van der Waals surface area contributed by atoms with E-state index in [-0.39, 0.29) is 12.0 Å². The number of likely N-dealkylation sites (tertiary alicyclic amines) is 1. The third kappa shape index (κ3) is 3.21. The van der Waals surface area contributed by atoms with Crippen molar-refractivity contribution in [1.82, 2.24) is 9.88 Å². The fourth-order valence-electron chi connectivity index (χ4n) is 2.33. The summed E-state index contributed by atoms with van der Waals surface area (Å²) in [6, 6.07) is 5.40. The normalized spacial score (nSPS) is 20.7. The molecule has 98 valence electrons. The van der Waals surface area contributed by atoms with Crippen LogP contribution in [0.1, 0.15) is 25.0 Å². The van der Waals surface area contributed by atoms with Gasteiger partial charge in [0, 0.05) is 6.54 Å². The molecule has 1 aliphatic rings. The van der Waals surface area contributed by atoms with E-state index in [9.17, 15) is 4.79 Å². The lowest BCUT2D eigenvalue weighted by Gasteiger charge is -2.33. The van der Waals surface area contributed by atoms with Crippen LogP contribution in [0.25, 0.3) is 0 Å². The summed E-state index contributed by atoms with van der Waals surface area (Å²) in [4.78, 5) is 18.1. The number of nitrogens with zero attached hydrogens (tertiary/aromatic N) is 2. The van der Waals surface area contributed by atoms with Crippen molar-refractivity contribution < 1.29 is 9.53 Å². The molecule has 0 N–H and O–H groups in total. The van der Waals surface area contributed by atoms with Crippen molar-refractivity contribution in [2.24, 2.45) is 0 Å². The van der Waals surface area contributed by atoms with E-state index in [0.29, 0.717) is 11.7 Å². The average molecular weight is 269 g/mol. The molecule has 0 amide bonds. The first-order chi connectivity index (χ1) is 8.70. The largest absolute Gasteiger partial charge is 0.468 e. The highest BCUT2D eigenvalue weighted by atomic mass is 35.5. The van der Waals surface area contributed by atoms with Gasteiger partial charge in [-0.2, -0.15) is 0 Å². The molecular weight excluding hydrogens is 252 g/mol. The molecule has 1 saturated heterocycles. The van der Waals surface area contributed by atoms with Gasteiger partial charge in [-0.05, 0) is 31.5 Å². The number of esters is 1. The van der Waals surface area contributed by atoms with Gasteiger partial charge in [-0.25, -0.2) is 4.98 Å². The van der Waals surface area contributed by atoms with Crippen molar-refractivity contribution >= 4 is 17.6 Å². The van der Waals surface area contributed by atoms with Crippen LogP contribution in [-0.4, -0.2) is 35.5 Å². The van der Waals surface area contributed by atoms with Crippen LogP contribution in [0.4, 0.5) is 0 Å². The number of carbonyl (C=O) groups is 1. The van der Waals surface area contributed by atoms with E-state index in [4.69, 9.17) is 16.3 Å². The lowest BCUT2D eigenvalue weighted by molar-refractivity contribution is -0.148. The maximum absolute atomic E-state index is 11.7. The van der Waals surface area contributed by atoms with Gasteiger partial charge in [-0.15, -0.1) is 0 Å². The molecule has 0 aromatic carbocycles. The molecule has 0 unspecified atom stereocenters. The van der Waals surface area contributed by atoms with Crippen LogP contribution in [0, 0.1) is 0 Å². The number of piperidine rings is 1. The third-order valence-electron chi connectivity index (χ3n) is 3.22.